The molecule has 3 rings (SSSR count). The molecule has 2 fully saturated rings. The highest BCUT2D eigenvalue weighted by molar-refractivity contribution is 7.09. The molecular weight excluding hydrogens is 230 g/mol. The summed E-state index contributed by atoms with van der Waals surface area (Å²) >= 11 is 1.78. The molecule has 0 aliphatic carbocycles. The molecule has 2 aliphatic heterocycles. The van der Waals surface area contributed by atoms with E-state index in [-0.39, 0.29) is 0 Å². The Morgan fingerprint density at radius 1 is 1.41 bits per heavy atom. The monoisotopic (exact) mass is 251 g/mol. The first kappa shape index (κ1) is 11.6. The second-order valence-electron chi connectivity index (χ2n) is 5.56. The number of thiazole rings is 1. The first-order valence-electron chi connectivity index (χ1n) is 6.67. The van der Waals surface area contributed by atoms with Crippen LogP contribution in [0.3, 0.4) is 0 Å². The number of hydrogen-bond donors (Lipinski definition) is 1. The van der Waals surface area contributed by atoms with Gasteiger partial charge in [-0.2, -0.15) is 0 Å². The van der Waals surface area contributed by atoms with Crippen molar-refractivity contribution in [1.82, 2.24) is 15.2 Å². The molecule has 1 aromatic rings. The molecule has 0 amide bonds. The smallest absolute Gasteiger partial charge is 0.0794 e. The van der Waals surface area contributed by atoms with Gasteiger partial charge in [-0.05, 0) is 44.2 Å². The SMILES string of the molecule is c1ncc(CN2CCCC3(CCCNC3)C2)s1. The van der Waals surface area contributed by atoms with E-state index >= 15 is 0 Å². The van der Waals surface area contributed by atoms with Gasteiger partial charge in [-0.1, -0.05) is 0 Å². The van der Waals surface area contributed by atoms with Crippen LogP contribution in [-0.2, 0) is 6.54 Å². The number of piperidine rings is 2. The fourth-order valence-corrected chi connectivity index (χ4v) is 4.00. The number of aromatic nitrogens is 1. The Kier molecular flexibility index (Phi) is 3.45. The molecule has 1 spiro atoms. The summed E-state index contributed by atoms with van der Waals surface area (Å²) in [5, 5.41) is 3.59. The largest absolute Gasteiger partial charge is 0.316 e. The van der Waals surface area contributed by atoms with Crippen LogP contribution in [0.5, 0.6) is 0 Å². The highest BCUT2D eigenvalue weighted by Crippen LogP contribution is 2.36. The maximum absolute atomic E-state index is 4.17. The normalized spacial score (nSPS) is 30.8. The molecular formula is C13H21N3S. The van der Waals surface area contributed by atoms with Crippen LogP contribution in [0.15, 0.2) is 11.7 Å². The molecule has 0 radical (unpaired) electrons. The van der Waals surface area contributed by atoms with Gasteiger partial charge in [0, 0.05) is 30.7 Å². The molecule has 1 aromatic heterocycles. The molecule has 3 heterocycles. The van der Waals surface area contributed by atoms with Gasteiger partial charge >= 0.3 is 0 Å². The van der Waals surface area contributed by atoms with Crippen molar-refractivity contribution in [1.29, 1.82) is 0 Å². The van der Waals surface area contributed by atoms with E-state index in [2.05, 4.69) is 15.2 Å². The Bertz CT molecular complexity index is 338. The topological polar surface area (TPSA) is 28.2 Å². The van der Waals surface area contributed by atoms with Gasteiger partial charge in [0.05, 0.1) is 5.51 Å². The Morgan fingerprint density at radius 3 is 3.12 bits per heavy atom. The standard InChI is InChI=1S/C13H21N3S/c1-3-13(9-14-5-1)4-2-6-16(10-13)8-12-7-15-11-17-12/h7,11,14H,1-6,8-10H2. The zero-order chi connectivity index (χ0) is 11.6. The van der Waals surface area contributed by atoms with Gasteiger partial charge < -0.3 is 5.32 Å². The quantitative estimate of drug-likeness (QED) is 0.872. The zero-order valence-corrected chi connectivity index (χ0v) is 11.1. The van der Waals surface area contributed by atoms with Crippen LogP contribution in [-0.4, -0.2) is 36.1 Å². The number of hydrogen-bond acceptors (Lipinski definition) is 4. The lowest BCUT2D eigenvalue weighted by Crippen LogP contribution is -2.50. The third-order valence-electron chi connectivity index (χ3n) is 4.16. The van der Waals surface area contributed by atoms with E-state index < -0.39 is 0 Å². The highest BCUT2D eigenvalue weighted by atomic mass is 32.1. The Balaban J connectivity index is 1.62. The minimum absolute atomic E-state index is 0.571. The van der Waals surface area contributed by atoms with Gasteiger partial charge in [-0.25, -0.2) is 0 Å². The predicted octanol–water partition coefficient (Wildman–Crippen LogP) is 2.11. The van der Waals surface area contributed by atoms with Gasteiger partial charge in [0.25, 0.3) is 0 Å². The fourth-order valence-electron chi connectivity index (χ4n) is 3.36. The summed E-state index contributed by atoms with van der Waals surface area (Å²) < 4.78 is 0. The summed E-state index contributed by atoms with van der Waals surface area (Å²) in [6, 6.07) is 0. The van der Waals surface area contributed by atoms with E-state index in [1.54, 1.807) is 11.3 Å². The van der Waals surface area contributed by atoms with Crippen molar-refractivity contribution in [3.05, 3.63) is 16.6 Å². The number of nitrogens with one attached hydrogen (secondary N) is 1. The number of rotatable bonds is 2. The lowest BCUT2D eigenvalue weighted by atomic mass is 9.74. The van der Waals surface area contributed by atoms with Crippen LogP contribution in [0.2, 0.25) is 0 Å². The van der Waals surface area contributed by atoms with Crippen molar-refractivity contribution in [3.8, 4) is 0 Å². The van der Waals surface area contributed by atoms with Crippen molar-refractivity contribution in [2.75, 3.05) is 26.2 Å². The zero-order valence-electron chi connectivity index (χ0n) is 10.3. The Morgan fingerprint density at radius 2 is 2.35 bits per heavy atom. The molecule has 1 N–H and O–H groups in total. The van der Waals surface area contributed by atoms with E-state index in [1.807, 2.05) is 11.7 Å². The van der Waals surface area contributed by atoms with Gasteiger partial charge in [0.1, 0.15) is 0 Å². The molecule has 1 unspecified atom stereocenters. The first-order chi connectivity index (χ1) is 8.36. The minimum atomic E-state index is 0.571. The highest BCUT2D eigenvalue weighted by Gasteiger charge is 2.36. The second-order valence-corrected chi connectivity index (χ2v) is 6.53. The van der Waals surface area contributed by atoms with Crippen molar-refractivity contribution in [2.45, 2.75) is 32.2 Å². The van der Waals surface area contributed by atoms with Gasteiger partial charge in [-0.3, -0.25) is 9.88 Å². The number of likely N-dealkylation sites (tertiary alicyclic amines) is 1. The van der Waals surface area contributed by atoms with Crippen molar-refractivity contribution >= 4 is 11.3 Å². The van der Waals surface area contributed by atoms with Gasteiger partial charge in [-0.15, -0.1) is 11.3 Å². The number of nitrogens with zero attached hydrogens (tertiary/aromatic N) is 2. The van der Waals surface area contributed by atoms with Crippen molar-refractivity contribution in [3.63, 3.8) is 0 Å². The third kappa shape index (κ3) is 2.69. The van der Waals surface area contributed by atoms with Crippen LogP contribution in [0.25, 0.3) is 0 Å². The summed E-state index contributed by atoms with van der Waals surface area (Å²) in [4.78, 5) is 8.21. The molecule has 17 heavy (non-hydrogen) atoms. The van der Waals surface area contributed by atoms with Crippen LogP contribution in [0, 0.1) is 5.41 Å². The van der Waals surface area contributed by atoms with Crippen molar-refractivity contribution in [2.24, 2.45) is 5.41 Å². The molecule has 94 valence electrons. The van der Waals surface area contributed by atoms with Crippen LogP contribution >= 0.6 is 11.3 Å². The Hall–Kier alpha value is -0.450. The molecule has 2 saturated heterocycles. The maximum atomic E-state index is 4.17. The first-order valence-corrected chi connectivity index (χ1v) is 7.55. The molecule has 4 heteroatoms. The van der Waals surface area contributed by atoms with Gasteiger partial charge in [0.15, 0.2) is 0 Å². The van der Waals surface area contributed by atoms with E-state index in [4.69, 9.17) is 0 Å². The summed E-state index contributed by atoms with van der Waals surface area (Å²) in [7, 11) is 0. The maximum Gasteiger partial charge on any atom is 0.0794 e. The van der Waals surface area contributed by atoms with E-state index in [9.17, 15) is 0 Å². The van der Waals surface area contributed by atoms with E-state index in [0.717, 1.165) is 6.54 Å². The lowest BCUT2D eigenvalue weighted by Gasteiger charge is -2.45. The predicted molar refractivity (Wildman–Crippen MR) is 71.2 cm³/mol. The average Bonchev–Trinajstić information content (AvgIpc) is 2.83. The lowest BCUT2D eigenvalue weighted by molar-refractivity contribution is 0.0606. The molecule has 0 saturated carbocycles. The van der Waals surface area contributed by atoms with E-state index in [1.165, 1.54) is 56.7 Å². The van der Waals surface area contributed by atoms with Crippen LogP contribution < -0.4 is 5.32 Å². The summed E-state index contributed by atoms with van der Waals surface area (Å²) in [5.74, 6) is 0. The molecule has 0 bridgehead atoms. The molecule has 2 aliphatic rings. The summed E-state index contributed by atoms with van der Waals surface area (Å²) in [6.07, 6.45) is 7.57. The van der Waals surface area contributed by atoms with Crippen LogP contribution in [0.1, 0.15) is 30.6 Å². The molecule has 1 atom stereocenters. The summed E-state index contributed by atoms with van der Waals surface area (Å²) in [6.45, 7) is 6.09. The Labute approximate surface area is 107 Å². The average molecular weight is 251 g/mol. The van der Waals surface area contributed by atoms with Crippen LogP contribution in [0.4, 0.5) is 0 Å². The third-order valence-corrected chi connectivity index (χ3v) is 4.93. The van der Waals surface area contributed by atoms with E-state index in [0.29, 0.717) is 5.41 Å². The summed E-state index contributed by atoms with van der Waals surface area (Å²) in [5.41, 5.74) is 2.51. The van der Waals surface area contributed by atoms with Gasteiger partial charge in [0.2, 0.25) is 0 Å². The fraction of sp³-hybridized carbons (Fsp3) is 0.769. The van der Waals surface area contributed by atoms with Crippen molar-refractivity contribution < 1.29 is 0 Å². The molecule has 0 aromatic carbocycles. The minimum Gasteiger partial charge on any atom is -0.316 e. The molecule has 3 nitrogen and oxygen atoms in total. The second kappa shape index (κ2) is 5.04.